The fourth-order valence-electron chi connectivity index (χ4n) is 3.69. The van der Waals surface area contributed by atoms with Gasteiger partial charge in [-0.05, 0) is 47.2 Å². The number of benzene rings is 2. The first kappa shape index (κ1) is 19.1. The average molecular weight is 368 g/mol. The Morgan fingerprint density at radius 1 is 1.04 bits per heavy atom. The van der Waals surface area contributed by atoms with Crippen LogP contribution in [-0.4, -0.2) is 27.6 Å². The molecule has 5 N–H and O–H groups in total. The number of nitrogens with one attached hydrogen (secondary N) is 1. The van der Waals surface area contributed by atoms with Crippen molar-refractivity contribution in [2.24, 2.45) is 5.73 Å². The fraction of sp³-hybridized carbons (Fsp3) is 0.333. The Morgan fingerprint density at radius 3 is 2.41 bits per heavy atom. The minimum Gasteiger partial charge on any atom is -0.392 e. The fourth-order valence-corrected chi connectivity index (χ4v) is 3.69. The van der Waals surface area contributed by atoms with Gasteiger partial charge in [-0.25, -0.2) is 0 Å². The smallest absolute Gasteiger partial charge is 0.252 e. The van der Waals surface area contributed by atoms with Gasteiger partial charge in [0.15, 0.2) is 0 Å². The second-order valence-electron chi connectivity index (χ2n) is 7.00. The van der Waals surface area contributed by atoms with Gasteiger partial charge in [-0.15, -0.1) is 0 Å². The van der Waals surface area contributed by atoms with Gasteiger partial charge in [0.25, 0.3) is 5.91 Å². The van der Waals surface area contributed by atoms with Crippen molar-refractivity contribution in [1.82, 2.24) is 5.32 Å². The monoisotopic (exact) mass is 368 g/mol. The lowest BCUT2D eigenvalue weighted by Gasteiger charge is -2.26. The van der Waals surface area contributed by atoms with Crippen LogP contribution < -0.4 is 11.1 Å². The van der Waals surface area contributed by atoms with Crippen molar-refractivity contribution in [3.63, 3.8) is 0 Å². The summed E-state index contributed by atoms with van der Waals surface area (Å²) in [5.41, 5.74) is 7.94. The van der Waals surface area contributed by atoms with E-state index in [1.165, 1.54) is 0 Å². The zero-order chi connectivity index (χ0) is 19.4. The number of carbonyl (C=O) groups excluding carboxylic acids is 2. The van der Waals surface area contributed by atoms with Crippen molar-refractivity contribution in [1.29, 1.82) is 0 Å². The first-order valence-corrected chi connectivity index (χ1v) is 9.05. The molecule has 6 nitrogen and oxygen atoms in total. The number of rotatable bonds is 6. The highest BCUT2D eigenvalue weighted by molar-refractivity contribution is 5.99. The minimum atomic E-state index is -0.966. The van der Waals surface area contributed by atoms with Crippen molar-refractivity contribution >= 4 is 11.8 Å². The normalized spacial score (nSPS) is 15.5. The Bertz CT molecular complexity index is 857. The maximum absolute atomic E-state index is 12.7. The molecule has 0 saturated heterocycles. The third kappa shape index (κ3) is 3.86. The van der Waals surface area contributed by atoms with Crippen LogP contribution in [0.3, 0.4) is 0 Å². The molecule has 1 saturated carbocycles. The lowest BCUT2D eigenvalue weighted by molar-refractivity contribution is -0.123. The largest absolute Gasteiger partial charge is 0.392 e. The van der Waals surface area contributed by atoms with E-state index in [-0.39, 0.29) is 19.1 Å². The van der Waals surface area contributed by atoms with Crippen molar-refractivity contribution in [2.45, 2.75) is 44.4 Å². The number of nitrogens with two attached hydrogens (primary N) is 1. The number of hydrogen-bond donors (Lipinski definition) is 4. The van der Waals surface area contributed by atoms with Crippen molar-refractivity contribution in [2.75, 3.05) is 0 Å². The van der Waals surface area contributed by atoms with Crippen molar-refractivity contribution in [3.05, 3.63) is 59.2 Å². The molecule has 2 aromatic rings. The second-order valence-corrected chi connectivity index (χ2v) is 7.00. The molecule has 2 amide bonds. The van der Waals surface area contributed by atoms with Gasteiger partial charge in [0.05, 0.1) is 13.2 Å². The van der Waals surface area contributed by atoms with Gasteiger partial charge < -0.3 is 21.3 Å². The molecule has 27 heavy (non-hydrogen) atoms. The van der Waals surface area contributed by atoms with Gasteiger partial charge in [0.2, 0.25) is 5.91 Å². The van der Waals surface area contributed by atoms with Crippen LogP contribution in [0.5, 0.6) is 0 Å². The topological polar surface area (TPSA) is 113 Å². The molecule has 3 rings (SSSR count). The maximum Gasteiger partial charge on any atom is 0.252 e. The Balaban J connectivity index is 1.90. The molecule has 0 bridgehead atoms. The van der Waals surface area contributed by atoms with Gasteiger partial charge in [0, 0.05) is 5.56 Å². The Morgan fingerprint density at radius 2 is 1.78 bits per heavy atom. The molecule has 0 radical (unpaired) electrons. The zero-order valence-electron chi connectivity index (χ0n) is 15.1. The van der Waals surface area contributed by atoms with E-state index >= 15 is 0 Å². The van der Waals surface area contributed by atoms with E-state index < -0.39 is 11.4 Å². The predicted octanol–water partition coefficient (Wildman–Crippen LogP) is 1.87. The molecule has 0 atom stereocenters. The van der Waals surface area contributed by atoms with Crippen LogP contribution in [-0.2, 0) is 18.0 Å². The third-order valence-electron chi connectivity index (χ3n) is 5.24. The van der Waals surface area contributed by atoms with Crippen LogP contribution in [0, 0.1) is 0 Å². The number of carbonyl (C=O) groups is 2. The molecule has 1 aliphatic carbocycles. The van der Waals surface area contributed by atoms with E-state index in [4.69, 9.17) is 5.73 Å². The molecule has 142 valence electrons. The molecule has 0 aliphatic heterocycles. The SMILES string of the molecule is NC(=O)C1(NC(=O)c2cccc(-c3ccc(CO)cc3CO)c2)CCCC1. The van der Waals surface area contributed by atoms with E-state index in [1.807, 2.05) is 12.1 Å². The summed E-state index contributed by atoms with van der Waals surface area (Å²) in [6.45, 7) is -0.282. The zero-order valence-corrected chi connectivity index (χ0v) is 15.1. The molecular weight excluding hydrogens is 344 g/mol. The standard InChI is InChI=1S/C21H24N2O4/c22-20(27)21(8-1-2-9-21)23-19(26)16-5-3-4-15(11-16)18-7-6-14(12-24)10-17(18)13-25/h3-7,10-11,24-25H,1-2,8-9,12-13H2,(H2,22,27)(H,23,26). The van der Waals surface area contributed by atoms with Crippen LogP contribution in [0.15, 0.2) is 42.5 Å². The molecule has 0 heterocycles. The van der Waals surface area contributed by atoms with Gasteiger partial charge in [-0.3, -0.25) is 9.59 Å². The quantitative estimate of drug-likeness (QED) is 0.623. The summed E-state index contributed by atoms with van der Waals surface area (Å²) in [7, 11) is 0. The molecular formula is C21H24N2O4. The van der Waals surface area contributed by atoms with Crippen LogP contribution in [0.2, 0.25) is 0 Å². The minimum absolute atomic E-state index is 0.106. The molecule has 0 aromatic heterocycles. The highest BCUT2D eigenvalue weighted by Gasteiger charge is 2.41. The second kappa shape index (κ2) is 7.90. The molecule has 0 unspecified atom stereocenters. The summed E-state index contributed by atoms with van der Waals surface area (Å²) in [5, 5.41) is 21.8. The number of amides is 2. The van der Waals surface area contributed by atoms with E-state index in [1.54, 1.807) is 30.3 Å². The maximum atomic E-state index is 12.7. The van der Waals surface area contributed by atoms with Crippen LogP contribution in [0.25, 0.3) is 11.1 Å². The van der Waals surface area contributed by atoms with E-state index in [2.05, 4.69) is 5.32 Å². The Kier molecular flexibility index (Phi) is 5.58. The van der Waals surface area contributed by atoms with Crippen molar-refractivity contribution in [3.8, 4) is 11.1 Å². The van der Waals surface area contributed by atoms with E-state index in [9.17, 15) is 19.8 Å². The third-order valence-corrected chi connectivity index (χ3v) is 5.24. The van der Waals surface area contributed by atoms with Gasteiger partial charge >= 0.3 is 0 Å². The van der Waals surface area contributed by atoms with E-state index in [0.29, 0.717) is 29.5 Å². The first-order chi connectivity index (χ1) is 13.0. The molecule has 6 heteroatoms. The van der Waals surface area contributed by atoms with Crippen molar-refractivity contribution < 1.29 is 19.8 Å². The molecule has 2 aromatic carbocycles. The summed E-state index contributed by atoms with van der Waals surface area (Å²) in [4.78, 5) is 24.6. The lowest BCUT2D eigenvalue weighted by Crippen LogP contribution is -2.55. The van der Waals surface area contributed by atoms with Crippen LogP contribution in [0.1, 0.15) is 47.2 Å². The number of aliphatic hydroxyl groups excluding tert-OH is 2. The predicted molar refractivity (Wildman–Crippen MR) is 102 cm³/mol. The van der Waals surface area contributed by atoms with Gasteiger partial charge in [-0.1, -0.05) is 43.2 Å². The lowest BCUT2D eigenvalue weighted by atomic mass is 9.94. The first-order valence-electron chi connectivity index (χ1n) is 9.05. The van der Waals surface area contributed by atoms with Crippen LogP contribution in [0.4, 0.5) is 0 Å². The summed E-state index contributed by atoms with van der Waals surface area (Å²) < 4.78 is 0. The Labute approximate surface area is 158 Å². The highest BCUT2D eigenvalue weighted by atomic mass is 16.3. The van der Waals surface area contributed by atoms with Crippen LogP contribution >= 0.6 is 0 Å². The average Bonchev–Trinajstić information content (AvgIpc) is 3.17. The van der Waals surface area contributed by atoms with E-state index in [0.717, 1.165) is 24.0 Å². The molecule has 1 fully saturated rings. The summed E-state index contributed by atoms with van der Waals surface area (Å²) >= 11 is 0. The van der Waals surface area contributed by atoms with Gasteiger partial charge in [0.1, 0.15) is 5.54 Å². The number of aliphatic hydroxyl groups is 2. The molecule has 1 aliphatic rings. The number of hydrogen-bond acceptors (Lipinski definition) is 4. The summed E-state index contributed by atoms with van der Waals surface area (Å²) in [6.07, 6.45) is 2.84. The highest BCUT2D eigenvalue weighted by Crippen LogP contribution is 2.30. The summed E-state index contributed by atoms with van der Waals surface area (Å²) in [6, 6.07) is 12.4. The van der Waals surface area contributed by atoms with Gasteiger partial charge in [-0.2, -0.15) is 0 Å². The summed E-state index contributed by atoms with van der Waals surface area (Å²) in [5.74, 6) is -0.832. The Hall–Kier alpha value is -2.70. The molecule has 0 spiro atoms. The number of primary amides is 1.